The van der Waals surface area contributed by atoms with Crippen LogP contribution in [0.5, 0.6) is 0 Å². The second-order valence-electron chi connectivity index (χ2n) is 4.11. The minimum Gasteiger partial charge on any atom is -0.328 e. The van der Waals surface area contributed by atoms with Crippen LogP contribution < -0.4 is 0 Å². The van der Waals surface area contributed by atoms with E-state index in [0.29, 0.717) is 6.29 Å². The molecular formula is C9H14N2O2. The van der Waals surface area contributed by atoms with E-state index in [9.17, 15) is 9.59 Å². The van der Waals surface area contributed by atoms with Gasteiger partial charge in [-0.2, -0.15) is 0 Å². The lowest BCUT2D eigenvalue weighted by atomic mass is 9.87. The molecule has 0 atom stereocenters. The molecule has 2 heterocycles. The lowest BCUT2D eigenvalue weighted by Crippen LogP contribution is -2.67. The average molecular weight is 182 g/mol. The molecule has 2 saturated heterocycles. The number of amides is 1. The van der Waals surface area contributed by atoms with E-state index in [4.69, 9.17) is 0 Å². The number of hydrogen-bond donors (Lipinski definition) is 0. The van der Waals surface area contributed by atoms with Gasteiger partial charge in [0.1, 0.15) is 0 Å². The zero-order valence-electron chi connectivity index (χ0n) is 7.82. The highest BCUT2D eigenvalue weighted by Gasteiger charge is 2.50. The fourth-order valence-corrected chi connectivity index (χ4v) is 2.63. The number of likely N-dealkylation sites (tertiary alicyclic amines) is 2. The van der Waals surface area contributed by atoms with Crippen molar-refractivity contribution in [3.8, 4) is 0 Å². The summed E-state index contributed by atoms with van der Waals surface area (Å²) < 4.78 is 0. The van der Waals surface area contributed by atoms with Crippen LogP contribution in [0.25, 0.3) is 0 Å². The molecule has 2 aliphatic heterocycles. The lowest BCUT2D eigenvalue weighted by molar-refractivity contribution is -0.146. The number of aldehydes is 1. The molecule has 0 bridgehead atoms. The molecule has 2 aliphatic rings. The summed E-state index contributed by atoms with van der Waals surface area (Å²) in [6.07, 6.45) is 2.52. The molecule has 0 saturated carbocycles. The molecule has 0 radical (unpaired) electrons. The van der Waals surface area contributed by atoms with E-state index in [1.165, 1.54) is 0 Å². The molecular weight excluding hydrogens is 168 g/mol. The zero-order valence-corrected chi connectivity index (χ0v) is 7.82. The average Bonchev–Trinajstić information content (AvgIpc) is 2.47. The molecule has 0 aromatic carbocycles. The molecule has 0 unspecified atom stereocenters. The van der Waals surface area contributed by atoms with Crippen LogP contribution in [-0.4, -0.2) is 54.2 Å². The monoisotopic (exact) mass is 182 g/mol. The molecule has 72 valence electrons. The molecule has 13 heavy (non-hydrogen) atoms. The molecule has 4 nitrogen and oxygen atoms in total. The van der Waals surface area contributed by atoms with Gasteiger partial charge in [0.2, 0.25) is 6.29 Å². The van der Waals surface area contributed by atoms with Crippen LogP contribution in [0.4, 0.5) is 0 Å². The van der Waals surface area contributed by atoms with Gasteiger partial charge in [-0.3, -0.25) is 9.59 Å². The van der Waals surface area contributed by atoms with E-state index in [0.717, 1.165) is 32.5 Å². The fourth-order valence-electron chi connectivity index (χ4n) is 2.63. The van der Waals surface area contributed by atoms with Crippen molar-refractivity contribution in [1.29, 1.82) is 0 Å². The standard InChI is InChI=1S/C9H14N2O2/c1-10-6-9(7-10)3-2-4-11(9)8(13)5-12/h5H,2-4,6-7H2,1H3. The van der Waals surface area contributed by atoms with Crippen molar-refractivity contribution >= 4 is 12.2 Å². The summed E-state index contributed by atoms with van der Waals surface area (Å²) in [6.45, 7) is 2.60. The normalized spacial score (nSPS) is 26.1. The van der Waals surface area contributed by atoms with Gasteiger partial charge in [0.25, 0.3) is 5.91 Å². The summed E-state index contributed by atoms with van der Waals surface area (Å²) in [7, 11) is 2.03. The summed E-state index contributed by atoms with van der Waals surface area (Å²) in [6, 6.07) is 0. The number of carbonyl (C=O) groups is 2. The third-order valence-corrected chi connectivity index (χ3v) is 3.09. The Morgan fingerprint density at radius 2 is 2.15 bits per heavy atom. The minimum atomic E-state index is -0.342. The van der Waals surface area contributed by atoms with Gasteiger partial charge in [0, 0.05) is 19.6 Å². The van der Waals surface area contributed by atoms with E-state index in [1.807, 2.05) is 7.05 Å². The van der Waals surface area contributed by atoms with Gasteiger partial charge < -0.3 is 9.80 Å². The van der Waals surface area contributed by atoms with Crippen molar-refractivity contribution in [2.75, 3.05) is 26.7 Å². The second-order valence-corrected chi connectivity index (χ2v) is 4.11. The van der Waals surface area contributed by atoms with Gasteiger partial charge in [-0.1, -0.05) is 0 Å². The number of rotatable bonds is 1. The zero-order chi connectivity index (χ0) is 9.47. The Hall–Kier alpha value is -0.900. The number of nitrogens with zero attached hydrogens (tertiary/aromatic N) is 2. The summed E-state index contributed by atoms with van der Waals surface area (Å²) >= 11 is 0. The molecule has 0 N–H and O–H groups in total. The van der Waals surface area contributed by atoms with E-state index in [2.05, 4.69) is 4.90 Å². The van der Waals surface area contributed by atoms with Crippen molar-refractivity contribution in [1.82, 2.24) is 9.80 Å². The maximum absolute atomic E-state index is 11.3. The van der Waals surface area contributed by atoms with Gasteiger partial charge in [-0.15, -0.1) is 0 Å². The summed E-state index contributed by atoms with van der Waals surface area (Å²) in [5, 5.41) is 0. The Morgan fingerprint density at radius 3 is 2.69 bits per heavy atom. The highest BCUT2D eigenvalue weighted by atomic mass is 16.2. The Bertz CT molecular complexity index is 246. The topological polar surface area (TPSA) is 40.6 Å². The van der Waals surface area contributed by atoms with Crippen LogP contribution in [-0.2, 0) is 9.59 Å². The van der Waals surface area contributed by atoms with E-state index in [-0.39, 0.29) is 11.4 Å². The predicted octanol–water partition coefficient (Wildman–Crippen LogP) is -0.508. The second kappa shape index (κ2) is 2.80. The lowest BCUT2D eigenvalue weighted by Gasteiger charge is -2.50. The minimum absolute atomic E-state index is 0.00669. The van der Waals surface area contributed by atoms with E-state index < -0.39 is 0 Å². The van der Waals surface area contributed by atoms with Gasteiger partial charge in [-0.05, 0) is 19.9 Å². The summed E-state index contributed by atoms with van der Waals surface area (Å²) in [5.41, 5.74) is 0.00669. The smallest absolute Gasteiger partial charge is 0.287 e. The van der Waals surface area contributed by atoms with Crippen LogP contribution in [0.1, 0.15) is 12.8 Å². The largest absolute Gasteiger partial charge is 0.328 e. The first-order valence-electron chi connectivity index (χ1n) is 4.63. The Kier molecular flexibility index (Phi) is 1.87. The van der Waals surface area contributed by atoms with E-state index in [1.54, 1.807) is 4.90 Å². The number of hydrogen-bond acceptors (Lipinski definition) is 3. The molecule has 0 aliphatic carbocycles. The van der Waals surface area contributed by atoms with Crippen molar-refractivity contribution in [2.24, 2.45) is 0 Å². The van der Waals surface area contributed by atoms with Crippen molar-refractivity contribution in [3.05, 3.63) is 0 Å². The van der Waals surface area contributed by atoms with Crippen molar-refractivity contribution < 1.29 is 9.59 Å². The van der Waals surface area contributed by atoms with Crippen LogP contribution in [0.15, 0.2) is 0 Å². The molecule has 0 aromatic heterocycles. The van der Waals surface area contributed by atoms with Gasteiger partial charge in [0.15, 0.2) is 0 Å². The fraction of sp³-hybridized carbons (Fsp3) is 0.778. The predicted molar refractivity (Wildman–Crippen MR) is 47.2 cm³/mol. The van der Waals surface area contributed by atoms with Crippen LogP contribution in [0.2, 0.25) is 0 Å². The third-order valence-electron chi connectivity index (χ3n) is 3.09. The maximum Gasteiger partial charge on any atom is 0.287 e. The molecule has 1 amide bonds. The van der Waals surface area contributed by atoms with Crippen molar-refractivity contribution in [3.63, 3.8) is 0 Å². The maximum atomic E-state index is 11.3. The summed E-state index contributed by atoms with van der Waals surface area (Å²) in [5.74, 6) is -0.342. The highest BCUT2D eigenvalue weighted by Crippen LogP contribution is 2.36. The highest BCUT2D eigenvalue weighted by molar-refractivity contribution is 6.23. The Morgan fingerprint density at radius 1 is 1.46 bits per heavy atom. The number of likely N-dealkylation sites (N-methyl/N-ethyl adjacent to an activating group) is 1. The SMILES string of the molecule is CN1CC2(CCCN2C(=O)C=O)C1. The first-order chi connectivity index (χ1) is 6.18. The Labute approximate surface area is 77.5 Å². The van der Waals surface area contributed by atoms with Crippen LogP contribution >= 0.6 is 0 Å². The molecule has 4 heteroatoms. The first kappa shape index (κ1) is 8.69. The van der Waals surface area contributed by atoms with Gasteiger partial charge in [-0.25, -0.2) is 0 Å². The quantitative estimate of drug-likeness (QED) is 0.405. The molecule has 0 aromatic rings. The third kappa shape index (κ3) is 1.16. The van der Waals surface area contributed by atoms with Crippen molar-refractivity contribution in [2.45, 2.75) is 18.4 Å². The van der Waals surface area contributed by atoms with E-state index >= 15 is 0 Å². The van der Waals surface area contributed by atoms with Crippen LogP contribution in [0.3, 0.4) is 0 Å². The van der Waals surface area contributed by atoms with Gasteiger partial charge in [0.05, 0.1) is 5.54 Å². The Balaban J connectivity index is 2.11. The molecule has 1 spiro atoms. The van der Waals surface area contributed by atoms with Gasteiger partial charge >= 0.3 is 0 Å². The molecule has 2 rings (SSSR count). The summed E-state index contributed by atoms with van der Waals surface area (Å²) in [4.78, 5) is 25.6. The first-order valence-corrected chi connectivity index (χ1v) is 4.63. The van der Waals surface area contributed by atoms with Crippen LogP contribution in [0, 0.1) is 0 Å². The number of carbonyl (C=O) groups excluding carboxylic acids is 2. The molecule has 2 fully saturated rings.